The summed E-state index contributed by atoms with van der Waals surface area (Å²) in [5.41, 5.74) is 11.2. The molecule has 208 valence electrons. The molecule has 0 aromatic heterocycles. The molecule has 3 atom stereocenters. The second-order valence-corrected chi connectivity index (χ2v) is 9.88. The molecule has 0 bridgehead atoms. The number of aliphatic hydroxyl groups excluding tert-OH is 1. The summed E-state index contributed by atoms with van der Waals surface area (Å²) >= 11 is 0. The molecule has 0 saturated heterocycles. The second kappa shape index (κ2) is 21.3. The molecular formula is C32H47N3O3. The Morgan fingerprint density at radius 1 is 0.789 bits per heavy atom. The van der Waals surface area contributed by atoms with E-state index in [1.54, 1.807) is 0 Å². The lowest BCUT2D eigenvalue weighted by atomic mass is 10.0. The van der Waals surface area contributed by atoms with Crippen LogP contribution in [0.3, 0.4) is 0 Å². The lowest BCUT2D eigenvalue weighted by Crippen LogP contribution is -2.42. The number of hydrogen-bond donors (Lipinski definition) is 1. The predicted octanol–water partition coefficient (Wildman–Crippen LogP) is 8.70. The Morgan fingerprint density at radius 3 is 1.89 bits per heavy atom. The van der Waals surface area contributed by atoms with Crippen LogP contribution in [0, 0.1) is 0 Å². The quantitative estimate of drug-likeness (QED) is 0.0552. The number of unbranched alkanes of at least 4 members (excludes halogenated alkanes) is 9. The molecule has 0 amide bonds. The summed E-state index contributed by atoms with van der Waals surface area (Å²) in [5.74, 6) is 0. The van der Waals surface area contributed by atoms with Crippen LogP contribution in [0.5, 0.6) is 0 Å². The first-order valence-corrected chi connectivity index (χ1v) is 14.4. The van der Waals surface area contributed by atoms with Gasteiger partial charge in [-0.05, 0) is 35.9 Å². The first-order valence-electron chi connectivity index (χ1n) is 14.4. The Balaban J connectivity index is 1.95. The number of ether oxygens (including phenoxy) is 2. The highest BCUT2D eigenvalue weighted by molar-refractivity contribution is 5.14. The van der Waals surface area contributed by atoms with Crippen LogP contribution >= 0.6 is 0 Å². The van der Waals surface area contributed by atoms with E-state index >= 15 is 0 Å². The average Bonchev–Trinajstić information content (AvgIpc) is 2.96. The van der Waals surface area contributed by atoms with Crippen LogP contribution in [0.2, 0.25) is 0 Å². The molecule has 2 rings (SSSR count). The van der Waals surface area contributed by atoms with Gasteiger partial charge in [0.15, 0.2) is 0 Å². The van der Waals surface area contributed by atoms with E-state index in [-0.39, 0.29) is 12.7 Å². The number of hydrogen-bond acceptors (Lipinski definition) is 4. The topological polar surface area (TPSA) is 87.5 Å². The largest absolute Gasteiger partial charge is 0.396 e. The molecular weight excluding hydrogens is 474 g/mol. The van der Waals surface area contributed by atoms with Crippen molar-refractivity contribution in [3.63, 3.8) is 0 Å². The molecule has 2 aromatic carbocycles. The van der Waals surface area contributed by atoms with Crippen LogP contribution in [0.15, 0.2) is 77.9 Å². The summed E-state index contributed by atoms with van der Waals surface area (Å²) in [6.07, 6.45) is 16.9. The Morgan fingerprint density at radius 2 is 1.34 bits per heavy atom. The van der Waals surface area contributed by atoms with E-state index in [1.807, 2.05) is 60.7 Å². The molecule has 0 radical (unpaired) electrons. The van der Waals surface area contributed by atoms with Gasteiger partial charge in [0.05, 0.1) is 38.1 Å². The average molecular weight is 522 g/mol. The molecule has 38 heavy (non-hydrogen) atoms. The fraction of sp³-hybridized carbons (Fsp3) is 0.562. The Kier molecular flexibility index (Phi) is 17.7. The van der Waals surface area contributed by atoms with E-state index < -0.39 is 12.1 Å². The molecule has 0 saturated carbocycles. The maximum Gasteiger partial charge on any atom is 0.0951 e. The minimum atomic E-state index is -0.741. The molecule has 1 N–H and O–H groups in total. The lowest BCUT2D eigenvalue weighted by Gasteiger charge is -2.30. The lowest BCUT2D eigenvalue weighted by molar-refractivity contribution is -0.0988. The van der Waals surface area contributed by atoms with Gasteiger partial charge in [-0.2, -0.15) is 0 Å². The zero-order valence-electron chi connectivity index (χ0n) is 23.2. The van der Waals surface area contributed by atoms with Gasteiger partial charge in [-0.3, -0.25) is 0 Å². The van der Waals surface area contributed by atoms with Crippen LogP contribution in [0.1, 0.15) is 88.7 Å². The Hall–Kier alpha value is -2.63. The van der Waals surface area contributed by atoms with Gasteiger partial charge in [0.1, 0.15) is 0 Å². The van der Waals surface area contributed by atoms with Gasteiger partial charge in [0, 0.05) is 4.91 Å². The van der Waals surface area contributed by atoms with Gasteiger partial charge in [-0.1, -0.05) is 136 Å². The molecule has 0 spiro atoms. The SMILES string of the molecule is CCCCCCCCCCC/C=C/C[C@@H](OCc1ccccc1)[C@@H](OCc1ccccc1)[C@H](CO)N=[N+]=[N-]. The van der Waals surface area contributed by atoms with Crippen LogP contribution in [0.25, 0.3) is 10.4 Å². The van der Waals surface area contributed by atoms with E-state index in [0.717, 1.165) is 17.5 Å². The van der Waals surface area contributed by atoms with Crippen LogP contribution in [-0.4, -0.2) is 30.0 Å². The van der Waals surface area contributed by atoms with E-state index in [9.17, 15) is 5.11 Å². The van der Waals surface area contributed by atoms with Crippen molar-refractivity contribution in [1.29, 1.82) is 0 Å². The van der Waals surface area contributed by atoms with Crippen molar-refractivity contribution < 1.29 is 14.6 Å². The van der Waals surface area contributed by atoms with Crippen molar-refractivity contribution >= 4 is 0 Å². The van der Waals surface area contributed by atoms with Crippen LogP contribution in [0.4, 0.5) is 0 Å². The van der Waals surface area contributed by atoms with Gasteiger partial charge in [-0.25, -0.2) is 0 Å². The highest BCUT2D eigenvalue weighted by atomic mass is 16.5. The molecule has 0 heterocycles. The monoisotopic (exact) mass is 521 g/mol. The van der Waals surface area contributed by atoms with Crippen molar-refractivity contribution in [3.8, 4) is 0 Å². The van der Waals surface area contributed by atoms with Crippen molar-refractivity contribution in [3.05, 3.63) is 94.4 Å². The van der Waals surface area contributed by atoms with Crippen LogP contribution in [-0.2, 0) is 22.7 Å². The fourth-order valence-corrected chi connectivity index (χ4v) is 4.50. The first kappa shape index (κ1) is 31.6. The highest BCUT2D eigenvalue weighted by Gasteiger charge is 2.30. The summed E-state index contributed by atoms with van der Waals surface area (Å²) < 4.78 is 12.6. The third kappa shape index (κ3) is 13.8. The number of allylic oxidation sites excluding steroid dienone is 1. The number of aliphatic hydroxyl groups is 1. The third-order valence-electron chi connectivity index (χ3n) is 6.73. The number of benzene rings is 2. The van der Waals surface area contributed by atoms with E-state index in [2.05, 4.69) is 29.1 Å². The van der Waals surface area contributed by atoms with Gasteiger partial charge in [0.2, 0.25) is 0 Å². The Labute approximate surface area is 229 Å². The third-order valence-corrected chi connectivity index (χ3v) is 6.73. The minimum absolute atomic E-state index is 0.309. The highest BCUT2D eigenvalue weighted by Crippen LogP contribution is 2.20. The van der Waals surface area contributed by atoms with Crippen LogP contribution < -0.4 is 0 Å². The minimum Gasteiger partial charge on any atom is -0.396 e. The second-order valence-electron chi connectivity index (χ2n) is 9.88. The summed E-state index contributed by atoms with van der Waals surface area (Å²) in [7, 11) is 0. The summed E-state index contributed by atoms with van der Waals surface area (Å²) in [6, 6.07) is 19.1. The van der Waals surface area contributed by atoms with Gasteiger partial charge < -0.3 is 14.6 Å². The molecule has 0 unspecified atom stereocenters. The van der Waals surface area contributed by atoms with Gasteiger partial charge >= 0.3 is 0 Å². The maximum atomic E-state index is 10.0. The maximum absolute atomic E-state index is 10.0. The fourth-order valence-electron chi connectivity index (χ4n) is 4.50. The van der Waals surface area contributed by atoms with Gasteiger partial charge in [0.25, 0.3) is 0 Å². The van der Waals surface area contributed by atoms with E-state index in [4.69, 9.17) is 15.0 Å². The predicted molar refractivity (Wildman–Crippen MR) is 156 cm³/mol. The van der Waals surface area contributed by atoms with Crippen molar-refractivity contribution in [2.45, 2.75) is 109 Å². The zero-order valence-corrected chi connectivity index (χ0v) is 23.2. The molecule has 2 aromatic rings. The smallest absolute Gasteiger partial charge is 0.0951 e. The normalized spacial score (nSPS) is 13.7. The number of rotatable bonds is 22. The summed E-state index contributed by atoms with van der Waals surface area (Å²) in [5, 5.41) is 13.9. The zero-order chi connectivity index (χ0) is 27.1. The number of azide groups is 1. The van der Waals surface area contributed by atoms with E-state index in [0.29, 0.717) is 19.6 Å². The first-order chi connectivity index (χ1) is 18.8. The standard InChI is InChI=1S/C32H47N3O3/c1-2-3-4-5-6-7-8-9-10-11-12-19-24-31(37-26-28-20-15-13-16-21-28)32(30(25-36)34-35-33)38-27-29-22-17-14-18-23-29/h12-23,30-32,36H,2-11,24-27H2,1H3/b19-12+/t30-,31+,32-/m0/s1. The van der Waals surface area contributed by atoms with E-state index in [1.165, 1.54) is 57.8 Å². The summed E-state index contributed by atoms with van der Waals surface area (Å²) in [4.78, 5) is 2.96. The molecule has 0 aliphatic heterocycles. The number of nitrogens with zero attached hydrogens (tertiary/aromatic N) is 3. The van der Waals surface area contributed by atoms with Gasteiger partial charge in [-0.15, -0.1) is 0 Å². The summed E-state index contributed by atoms with van der Waals surface area (Å²) in [6.45, 7) is 2.71. The van der Waals surface area contributed by atoms with Crippen molar-refractivity contribution in [2.24, 2.45) is 5.11 Å². The molecule has 6 nitrogen and oxygen atoms in total. The Bertz CT molecular complexity index is 901. The molecule has 0 aliphatic rings. The molecule has 0 aliphatic carbocycles. The molecule has 6 heteroatoms. The van der Waals surface area contributed by atoms with Crippen molar-refractivity contribution in [1.82, 2.24) is 0 Å². The molecule has 0 fully saturated rings. The van der Waals surface area contributed by atoms with Crippen molar-refractivity contribution in [2.75, 3.05) is 6.61 Å².